The highest BCUT2D eigenvalue weighted by Gasteiger charge is 2.75. The van der Waals surface area contributed by atoms with Gasteiger partial charge in [0.15, 0.2) is 11.5 Å². The van der Waals surface area contributed by atoms with Gasteiger partial charge in [0.2, 0.25) is 0 Å². The van der Waals surface area contributed by atoms with Gasteiger partial charge in [0.05, 0.1) is 22.6 Å². The van der Waals surface area contributed by atoms with Gasteiger partial charge in [-0.15, -0.1) is 0 Å². The largest absolute Gasteiger partial charge is 0.504 e. The van der Waals surface area contributed by atoms with Crippen molar-refractivity contribution in [2.75, 3.05) is 20.1 Å². The highest BCUT2D eigenvalue weighted by atomic mass is 19.4. The fraction of sp³-hybridized carbons (Fsp3) is 0.432. The predicted molar refractivity (Wildman–Crippen MR) is 166 cm³/mol. The van der Waals surface area contributed by atoms with Crippen molar-refractivity contribution < 1.29 is 32.9 Å². The van der Waals surface area contributed by atoms with Gasteiger partial charge >= 0.3 is 6.18 Å². The van der Waals surface area contributed by atoms with Crippen LogP contribution in [0.25, 0.3) is 0 Å². The van der Waals surface area contributed by atoms with Gasteiger partial charge in [0, 0.05) is 36.7 Å². The minimum Gasteiger partial charge on any atom is -0.504 e. The minimum absolute atomic E-state index is 0.0257. The normalized spacial score (nSPS) is 29.3. The zero-order valence-electron chi connectivity index (χ0n) is 25.8. The van der Waals surface area contributed by atoms with E-state index in [2.05, 4.69) is 35.8 Å². The van der Waals surface area contributed by atoms with Crippen LogP contribution in [0.5, 0.6) is 11.5 Å². The van der Waals surface area contributed by atoms with Crippen molar-refractivity contribution in [2.24, 2.45) is 5.92 Å². The summed E-state index contributed by atoms with van der Waals surface area (Å²) in [6, 6.07) is 17.7. The molecular weight excluding hydrogens is 593 g/mol. The van der Waals surface area contributed by atoms with Crippen LogP contribution in [0, 0.1) is 17.8 Å². The number of carbonyl (C=O) groups is 1. The number of carbonyl (C=O) groups excluding carboxylic acids is 1. The van der Waals surface area contributed by atoms with Gasteiger partial charge in [-0.3, -0.25) is 9.69 Å². The first-order valence-corrected chi connectivity index (χ1v) is 16.0. The van der Waals surface area contributed by atoms with Gasteiger partial charge in [-0.1, -0.05) is 55.7 Å². The SMILES string of the molecule is CC[C@H]1C[C@@H](N(C)C(=O)C#Cc2ccc(C(F)(F)F)cc2)[C@H]2Oc3c(O)ccc4c3[C@@]23CCN(CCc2ccccc2)[C@H](C4)[C@]13O. The van der Waals surface area contributed by atoms with Crippen molar-refractivity contribution in [1.29, 1.82) is 0 Å². The zero-order chi connectivity index (χ0) is 32.4. The fourth-order valence-corrected chi connectivity index (χ4v) is 8.97. The molecule has 3 aromatic rings. The molecule has 0 radical (unpaired) electrons. The summed E-state index contributed by atoms with van der Waals surface area (Å²) < 4.78 is 45.6. The number of hydrogen-bond donors (Lipinski definition) is 2. The first-order valence-electron chi connectivity index (χ1n) is 16.0. The lowest BCUT2D eigenvalue weighted by atomic mass is 9.45. The van der Waals surface area contributed by atoms with Crippen molar-refractivity contribution in [3.63, 3.8) is 0 Å². The first kappa shape index (κ1) is 30.6. The third-order valence-electron chi connectivity index (χ3n) is 11.1. The number of likely N-dealkylation sites (N-methyl/N-ethyl adjacent to an activating group) is 1. The molecule has 2 aliphatic carbocycles. The van der Waals surface area contributed by atoms with E-state index in [0.717, 1.165) is 42.8 Å². The monoisotopic (exact) mass is 630 g/mol. The molecule has 1 amide bonds. The average molecular weight is 631 g/mol. The molecule has 2 fully saturated rings. The zero-order valence-corrected chi connectivity index (χ0v) is 25.8. The maximum Gasteiger partial charge on any atom is 0.416 e. The maximum atomic E-state index is 13.5. The van der Waals surface area contributed by atoms with Crippen LogP contribution in [0.15, 0.2) is 66.7 Å². The summed E-state index contributed by atoms with van der Waals surface area (Å²) in [6.45, 7) is 3.61. The summed E-state index contributed by atoms with van der Waals surface area (Å²) in [5.74, 6) is 5.11. The molecule has 4 aliphatic rings. The standard InChI is InChI=1S/C37H37F3N2O4/c1-3-26-22-28(41(2)31(44)16-11-24-9-13-27(14-10-24)37(38,39)40)34-35-18-20-42(19-17-23-7-5-4-6-8-23)30(36(26,35)45)21-25-12-15-29(43)33(46-34)32(25)35/h4-10,12-15,26,28,30,34,43,45H,3,17-22H2,1-2H3/t26-,28+,30+,34+,35-,36+/m0/s1. The summed E-state index contributed by atoms with van der Waals surface area (Å²) in [5.41, 5.74) is 0.711. The summed E-state index contributed by atoms with van der Waals surface area (Å²) >= 11 is 0. The van der Waals surface area contributed by atoms with Crippen molar-refractivity contribution >= 4 is 5.91 Å². The van der Waals surface area contributed by atoms with Gasteiger partial charge in [-0.25, -0.2) is 0 Å². The molecular formula is C37H37F3N2O4. The van der Waals surface area contributed by atoms with E-state index in [1.807, 2.05) is 24.3 Å². The number of hydrogen-bond acceptors (Lipinski definition) is 5. The van der Waals surface area contributed by atoms with Crippen LogP contribution in [-0.4, -0.2) is 69.8 Å². The minimum atomic E-state index is -4.45. The van der Waals surface area contributed by atoms with Crippen molar-refractivity contribution in [2.45, 2.75) is 74.4 Å². The van der Waals surface area contributed by atoms with E-state index in [9.17, 15) is 28.2 Å². The van der Waals surface area contributed by atoms with Crippen LogP contribution < -0.4 is 4.74 Å². The summed E-state index contributed by atoms with van der Waals surface area (Å²) in [6.07, 6.45) is -1.78. The molecule has 2 aliphatic heterocycles. The third-order valence-corrected chi connectivity index (χ3v) is 11.1. The Kier molecular flexibility index (Phi) is 7.37. The van der Waals surface area contributed by atoms with Crippen LogP contribution in [-0.2, 0) is 29.2 Å². The topological polar surface area (TPSA) is 73.2 Å². The molecule has 0 unspecified atom stereocenters. The van der Waals surface area contributed by atoms with E-state index in [0.29, 0.717) is 37.0 Å². The van der Waals surface area contributed by atoms with E-state index >= 15 is 0 Å². The Morgan fingerprint density at radius 3 is 2.54 bits per heavy atom. The number of benzene rings is 3. The number of rotatable bonds is 5. The number of aromatic hydroxyl groups is 1. The number of phenolic OH excluding ortho intramolecular Hbond substituents is 1. The van der Waals surface area contributed by atoms with Crippen LogP contribution in [0.4, 0.5) is 13.2 Å². The van der Waals surface area contributed by atoms with Crippen LogP contribution in [0.3, 0.4) is 0 Å². The van der Waals surface area contributed by atoms with Crippen molar-refractivity contribution in [1.82, 2.24) is 9.80 Å². The molecule has 1 spiro atoms. The van der Waals surface area contributed by atoms with Crippen LogP contribution in [0.1, 0.15) is 54.0 Å². The van der Waals surface area contributed by atoms with E-state index in [1.54, 1.807) is 18.0 Å². The lowest BCUT2D eigenvalue weighted by Gasteiger charge is -2.67. The third kappa shape index (κ3) is 4.52. The number of ether oxygens (including phenoxy) is 1. The molecule has 0 aromatic heterocycles. The summed E-state index contributed by atoms with van der Waals surface area (Å²) in [4.78, 5) is 17.5. The second kappa shape index (κ2) is 11.1. The Labute approximate surface area is 266 Å². The molecule has 1 saturated carbocycles. The number of halogens is 3. The molecule has 2 bridgehead atoms. The Morgan fingerprint density at radius 2 is 1.85 bits per heavy atom. The van der Waals surface area contributed by atoms with Crippen molar-refractivity contribution in [3.8, 4) is 23.3 Å². The van der Waals surface area contributed by atoms with E-state index in [-0.39, 0.29) is 17.7 Å². The fourth-order valence-electron chi connectivity index (χ4n) is 8.97. The Bertz CT molecular complexity index is 1720. The number of aliphatic hydroxyl groups is 1. The van der Waals surface area contributed by atoms with Crippen LogP contribution >= 0.6 is 0 Å². The Hall–Kier alpha value is -4.00. The van der Waals surface area contributed by atoms with E-state index in [1.165, 1.54) is 17.7 Å². The first-order chi connectivity index (χ1) is 22.0. The highest BCUT2D eigenvalue weighted by molar-refractivity contribution is 5.94. The van der Waals surface area contributed by atoms with E-state index in [4.69, 9.17) is 4.74 Å². The van der Waals surface area contributed by atoms with Crippen LogP contribution in [0.2, 0.25) is 0 Å². The number of phenols is 1. The van der Waals surface area contributed by atoms with Gasteiger partial charge in [0.1, 0.15) is 6.10 Å². The van der Waals surface area contributed by atoms with Gasteiger partial charge in [-0.2, -0.15) is 13.2 Å². The molecule has 2 N–H and O–H groups in total. The second-order valence-electron chi connectivity index (χ2n) is 13.2. The summed E-state index contributed by atoms with van der Waals surface area (Å²) in [5, 5.41) is 24.2. The van der Waals surface area contributed by atoms with Gasteiger partial charge in [0.25, 0.3) is 5.91 Å². The molecule has 1 saturated heterocycles. The predicted octanol–water partition coefficient (Wildman–Crippen LogP) is 5.32. The lowest BCUT2D eigenvalue weighted by Crippen LogP contribution is -2.81. The molecule has 3 aromatic carbocycles. The summed E-state index contributed by atoms with van der Waals surface area (Å²) in [7, 11) is 1.67. The second-order valence-corrected chi connectivity index (χ2v) is 13.2. The number of alkyl halides is 3. The molecule has 46 heavy (non-hydrogen) atoms. The Balaban J connectivity index is 1.23. The van der Waals surface area contributed by atoms with Gasteiger partial charge < -0.3 is 19.8 Å². The Morgan fingerprint density at radius 1 is 1.11 bits per heavy atom. The molecule has 2 heterocycles. The lowest BCUT2D eigenvalue weighted by molar-refractivity contribution is -0.228. The molecule has 240 valence electrons. The highest BCUT2D eigenvalue weighted by Crippen LogP contribution is 2.67. The number of likely N-dealkylation sites (tertiary alicyclic amines) is 1. The van der Waals surface area contributed by atoms with Gasteiger partial charge in [-0.05, 0) is 79.6 Å². The number of nitrogens with zero attached hydrogens (tertiary/aromatic N) is 2. The smallest absolute Gasteiger partial charge is 0.416 e. The maximum absolute atomic E-state index is 13.5. The molecule has 7 rings (SSSR count). The van der Waals surface area contributed by atoms with E-state index < -0.39 is 40.8 Å². The number of piperidine rings is 1. The average Bonchev–Trinajstić information content (AvgIpc) is 3.40. The molecule has 6 nitrogen and oxygen atoms in total. The quantitative estimate of drug-likeness (QED) is 0.374. The molecule has 6 atom stereocenters. The number of amides is 1. The molecule has 9 heteroatoms. The van der Waals surface area contributed by atoms with Crippen molar-refractivity contribution in [3.05, 3.63) is 94.5 Å².